The van der Waals surface area contributed by atoms with E-state index in [4.69, 9.17) is 4.74 Å². The molecule has 2 aromatic carbocycles. The van der Waals surface area contributed by atoms with Crippen LogP contribution in [-0.4, -0.2) is 30.9 Å². The van der Waals surface area contributed by atoms with Gasteiger partial charge in [0.25, 0.3) is 5.91 Å². The van der Waals surface area contributed by atoms with E-state index >= 15 is 0 Å². The number of hydrogen-bond donors (Lipinski definition) is 1. The molecule has 0 fully saturated rings. The Morgan fingerprint density at radius 2 is 1.74 bits per heavy atom. The standard InChI is InChI=1S/C25H20N6O2S/c1-16-14-15-31(30-16)21-12-13-22(29-28-21)33-20-10-8-19(9-11-20)27-24(32)23-17(2)26-25(34-23)18-6-4-3-5-7-18/h3-15H,1-2H3,(H,27,32). The molecule has 5 aromatic rings. The summed E-state index contributed by atoms with van der Waals surface area (Å²) in [5.41, 5.74) is 3.25. The van der Waals surface area contributed by atoms with Gasteiger partial charge in [0.1, 0.15) is 15.6 Å². The fraction of sp³-hybridized carbons (Fsp3) is 0.0800. The fourth-order valence-electron chi connectivity index (χ4n) is 3.26. The molecule has 5 rings (SSSR count). The number of aromatic nitrogens is 5. The fourth-order valence-corrected chi connectivity index (χ4v) is 4.23. The number of amides is 1. The van der Waals surface area contributed by atoms with Crippen LogP contribution in [0.15, 0.2) is 79.0 Å². The average Bonchev–Trinajstić information content (AvgIpc) is 3.47. The predicted molar refractivity (Wildman–Crippen MR) is 131 cm³/mol. The lowest BCUT2D eigenvalue weighted by Crippen LogP contribution is -2.11. The summed E-state index contributed by atoms with van der Waals surface area (Å²) >= 11 is 1.38. The highest BCUT2D eigenvalue weighted by Crippen LogP contribution is 2.29. The van der Waals surface area contributed by atoms with Gasteiger partial charge < -0.3 is 10.1 Å². The van der Waals surface area contributed by atoms with Crippen LogP contribution < -0.4 is 10.1 Å². The Hall–Kier alpha value is -4.37. The summed E-state index contributed by atoms with van der Waals surface area (Å²) in [5, 5.41) is 16.3. The number of nitrogens with zero attached hydrogens (tertiary/aromatic N) is 5. The molecule has 8 nitrogen and oxygen atoms in total. The lowest BCUT2D eigenvalue weighted by Gasteiger charge is -2.07. The van der Waals surface area contributed by atoms with Gasteiger partial charge in [0.2, 0.25) is 5.88 Å². The molecule has 9 heteroatoms. The molecule has 0 bridgehead atoms. The van der Waals surface area contributed by atoms with Crippen molar-refractivity contribution in [3.05, 3.63) is 95.3 Å². The molecule has 1 N–H and O–H groups in total. The minimum absolute atomic E-state index is 0.193. The van der Waals surface area contributed by atoms with Gasteiger partial charge in [0.05, 0.1) is 11.4 Å². The van der Waals surface area contributed by atoms with Crippen molar-refractivity contribution in [1.82, 2.24) is 25.0 Å². The smallest absolute Gasteiger partial charge is 0.267 e. The number of benzene rings is 2. The van der Waals surface area contributed by atoms with Gasteiger partial charge in [0, 0.05) is 23.5 Å². The molecule has 0 spiro atoms. The zero-order valence-electron chi connectivity index (χ0n) is 18.5. The van der Waals surface area contributed by atoms with Gasteiger partial charge in [-0.05, 0) is 50.2 Å². The van der Waals surface area contributed by atoms with Gasteiger partial charge in [-0.2, -0.15) is 5.10 Å². The van der Waals surface area contributed by atoms with Crippen LogP contribution in [-0.2, 0) is 0 Å². The van der Waals surface area contributed by atoms with E-state index in [2.05, 4.69) is 25.6 Å². The Bertz CT molecular complexity index is 1430. The molecule has 1 amide bonds. The maximum atomic E-state index is 12.8. The second-order valence-corrected chi connectivity index (χ2v) is 8.51. The molecule has 0 atom stereocenters. The minimum Gasteiger partial charge on any atom is -0.438 e. The van der Waals surface area contributed by atoms with E-state index in [1.54, 1.807) is 41.1 Å². The first-order chi connectivity index (χ1) is 16.5. The number of rotatable bonds is 6. The van der Waals surface area contributed by atoms with Gasteiger partial charge in [-0.25, -0.2) is 9.67 Å². The Morgan fingerprint density at radius 3 is 2.41 bits per heavy atom. The van der Waals surface area contributed by atoms with Crippen LogP contribution in [0, 0.1) is 13.8 Å². The quantitative estimate of drug-likeness (QED) is 0.356. The van der Waals surface area contributed by atoms with E-state index in [9.17, 15) is 4.79 Å². The Kier molecular flexibility index (Phi) is 5.84. The van der Waals surface area contributed by atoms with Crippen LogP contribution in [0.25, 0.3) is 16.4 Å². The average molecular weight is 469 g/mol. The Morgan fingerprint density at radius 1 is 0.941 bits per heavy atom. The maximum absolute atomic E-state index is 12.8. The first-order valence-corrected chi connectivity index (χ1v) is 11.4. The van der Waals surface area contributed by atoms with E-state index in [0.29, 0.717) is 33.7 Å². The number of nitrogens with one attached hydrogen (secondary N) is 1. The summed E-state index contributed by atoms with van der Waals surface area (Å²) in [4.78, 5) is 17.9. The largest absolute Gasteiger partial charge is 0.438 e. The number of hydrogen-bond acceptors (Lipinski definition) is 7. The first kappa shape index (κ1) is 21.5. The highest BCUT2D eigenvalue weighted by molar-refractivity contribution is 7.17. The molecule has 0 aliphatic heterocycles. The minimum atomic E-state index is -0.193. The Balaban J connectivity index is 1.23. The van der Waals surface area contributed by atoms with Crippen molar-refractivity contribution in [3.8, 4) is 28.0 Å². The van der Waals surface area contributed by atoms with Crippen molar-refractivity contribution >= 4 is 22.9 Å². The summed E-state index contributed by atoms with van der Waals surface area (Å²) in [6, 6.07) is 22.3. The number of ether oxygens (including phenoxy) is 1. The maximum Gasteiger partial charge on any atom is 0.267 e. The molecule has 0 aliphatic rings. The van der Waals surface area contributed by atoms with Crippen LogP contribution in [0.2, 0.25) is 0 Å². The number of aryl methyl sites for hydroxylation is 2. The van der Waals surface area contributed by atoms with Crippen molar-refractivity contribution in [2.45, 2.75) is 13.8 Å². The number of thiazole rings is 1. The van der Waals surface area contributed by atoms with Crippen molar-refractivity contribution in [2.24, 2.45) is 0 Å². The molecule has 0 saturated carbocycles. The summed E-state index contributed by atoms with van der Waals surface area (Å²) in [6.45, 7) is 3.75. The van der Waals surface area contributed by atoms with Crippen LogP contribution >= 0.6 is 11.3 Å². The van der Waals surface area contributed by atoms with E-state index in [-0.39, 0.29) is 5.91 Å². The number of carbonyl (C=O) groups is 1. The monoisotopic (exact) mass is 468 g/mol. The van der Waals surface area contributed by atoms with Gasteiger partial charge in [-0.3, -0.25) is 4.79 Å². The second-order valence-electron chi connectivity index (χ2n) is 7.51. The normalized spacial score (nSPS) is 10.8. The van der Waals surface area contributed by atoms with Gasteiger partial charge in [-0.15, -0.1) is 21.5 Å². The molecular weight excluding hydrogens is 448 g/mol. The number of anilines is 1. The van der Waals surface area contributed by atoms with Crippen LogP contribution in [0.5, 0.6) is 11.6 Å². The van der Waals surface area contributed by atoms with E-state index in [0.717, 1.165) is 16.3 Å². The zero-order valence-corrected chi connectivity index (χ0v) is 19.3. The Labute approximate surface area is 199 Å². The van der Waals surface area contributed by atoms with Crippen molar-refractivity contribution in [2.75, 3.05) is 5.32 Å². The number of carbonyl (C=O) groups excluding carboxylic acids is 1. The van der Waals surface area contributed by atoms with E-state index in [1.807, 2.05) is 56.4 Å². The lowest BCUT2D eigenvalue weighted by atomic mass is 10.2. The van der Waals surface area contributed by atoms with Gasteiger partial charge in [-0.1, -0.05) is 30.3 Å². The molecular formula is C25H20N6O2S. The van der Waals surface area contributed by atoms with Crippen molar-refractivity contribution in [1.29, 1.82) is 0 Å². The van der Waals surface area contributed by atoms with Crippen LogP contribution in [0.1, 0.15) is 21.1 Å². The van der Waals surface area contributed by atoms with E-state index < -0.39 is 0 Å². The van der Waals surface area contributed by atoms with Gasteiger partial charge in [0.15, 0.2) is 5.82 Å². The molecule has 0 unspecified atom stereocenters. The molecule has 168 valence electrons. The van der Waals surface area contributed by atoms with Gasteiger partial charge >= 0.3 is 0 Å². The van der Waals surface area contributed by atoms with Crippen LogP contribution in [0.4, 0.5) is 5.69 Å². The summed E-state index contributed by atoms with van der Waals surface area (Å²) < 4.78 is 7.42. The molecule has 0 saturated heterocycles. The second kappa shape index (κ2) is 9.24. The third kappa shape index (κ3) is 4.69. The summed E-state index contributed by atoms with van der Waals surface area (Å²) in [6.07, 6.45) is 1.82. The molecule has 3 heterocycles. The molecule has 0 aliphatic carbocycles. The lowest BCUT2D eigenvalue weighted by molar-refractivity contribution is 0.103. The van der Waals surface area contributed by atoms with Crippen molar-refractivity contribution < 1.29 is 9.53 Å². The summed E-state index contributed by atoms with van der Waals surface area (Å²) in [7, 11) is 0. The highest BCUT2D eigenvalue weighted by atomic mass is 32.1. The summed E-state index contributed by atoms with van der Waals surface area (Å²) in [5.74, 6) is 1.35. The zero-order chi connectivity index (χ0) is 23.5. The third-order valence-corrected chi connectivity index (χ3v) is 6.15. The van der Waals surface area contributed by atoms with Crippen molar-refractivity contribution in [3.63, 3.8) is 0 Å². The molecule has 3 aromatic heterocycles. The predicted octanol–water partition coefficient (Wildman–Crippen LogP) is 5.45. The third-order valence-electron chi connectivity index (χ3n) is 4.94. The van der Waals surface area contributed by atoms with Crippen LogP contribution in [0.3, 0.4) is 0 Å². The first-order valence-electron chi connectivity index (χ1n) is 10.5. The SMILES string of the molecule is Cc1ccn(-c2ccc(Oc3ccc(NC(=O)c4sc(-c5ccccc5)nc4C)cc3)nn2)n1. The highest BCUT2D eigenvalue weighted by Gasteiger charge is 2.16. The topological polar surface area (TPSA) is 94.8 Å². The molecule has 34 heavy (non-hydrogen) atoms. The molecule has 0 radical (unpaired) electrons. The van der Waals surface area contributed by atoms with E-state index in [1.165, 1.54) is 11.3 Å².